The first-order chi connectivity index (χ1) is 12.3. The van der Waals surface area contributed by atoms with E-state index >= 15 is 0 Å². The highest BCUT2D eigenvalue weighted by Crippen LogP contribution is 2.18. The fourth-order valence-corrected chi connectivity index (χ4v) is 2.48. The summed E-state index contributed by atoms with van der Waals surface area (Å²) in [4.78, 5) is 0. The molecule has 25 heavy (non-hydrogen) atoms. The number of hydrogen-bond donors (Lipinski definition) is 2. The maximum atomic E-state index is 5.15. The molecule has 0 fully saturated rings. The number of benzene rings is 3. The molecule has 0 aliphatic carbocycles. The van der Waals surface area contributed by atoms with Crippen LogP contribution in [0, 0.1) is 12.5 Å². The van der Waals surface area contributed by atoms with Crippen molar-refractivity contribution in [1.29, 1.82) is 0 Å². The SMILES string of the molecule is C#COc1cccc(NCc2ccc(CNc3ccccc3)cc2)c1. The smallest absolute Gasteiger partial charge is 0.142 e. The standard InChI is InChI=1S/C22H20N2O/c1-2-25-22-10-6-9-21(15-22)24-17-19-13-11-18(12-14-19)16-23-20-7-4-3-5-8-20/h1,3-15,23-24H,16-17H2. The van der Waals surface area contributed by atoms with Crippen molar-refractivity contribution in [3.63, 3.8) is 0 Å². The van der Waals surface area contributed by atoms with Gasteiger partial charge in [0.2, 0.25) is 0 Å². The van der Waals surface area contributed by atoms with Gasteiger partial charge in [-0.05, 0) is 35.4 Å². The van der Waals surface area contributed by atoms with E-state index in [1.807, 2.05) is 42.5 Å². The Labute approximate surface area is 148 Å². The van der Waals surface area contributed by atoms with Crippen LogP contribution in [0.1, 0.15) is 11.1 Å². The molecule has 0 saturated carbocycles. The molecule has 3 heteroatoms. The topological polar surface area (TPSA) is 33.3 Å². The molecular weight excluding hydrogens is 308 g/mol. The van der Waals surface area contributed by atoms with Crippen LogP contribution in [0.15, 0.2) is 78.9 Å². The Morgan fingerprint density at radius 1 is 0.720 bits per heavy atom. The molecule has 0 unspecified atom stereocenters. The number of hydrogen-bond acceptors (Lipinski definition) is 3. The minimum atomic E-state index is 0.662. The Kier molecular flexibility index (Phi) is 5.58. The summed E-state index contributed by atoms with van der Waals surface area (Å²) in [5, 5.41) is 6.78. The maximum absolute atomic E-state index is 5.15. The van der Waals surface area contributed by atoms with Crippen molar-refractivity contribution in [2.75, 3.05) is 10.6 Å². The highest BCUT2D eigenvalue weighted by molar-refractivity contribution is 5.49. The van der Waals surface area contributed by atoms with Crippen molar-refractivity contribution >= 4 is 11.4 Å². The summed E-state index contributed by atoms with van der Waals surface area (Å²) in [6.45, 7) is 1.55. The van der Waals surface area contributed by atoms with Gasteiger partial charge in [0.05, 0.1) is 0 Å². The van der Waals surface area contributed by atoms with Crippen molar-refractivity contribution in [2.24, 2.45) is 0 Å². The molecule has 124 valence electrons. The third kappa shape index (κ3) is 5.05. The second-order valence-electron chi connectivity index (χ2n) is 5.64. The zero-order valence-electron chi connectivity index (χ0n) is 13.9. The van der Waals surface area contributed by atoms with Gasteiger partial charge in [-0.25, -0.2) is 0 Å². The molecule has 0 heterocycles. The molecule has 0 saturated heterocycles. The van der Waals surface area contributed by atoms with E-state index in [0.29, 0.717) is 5.75 Å². The normalized spacial score (nSPS) is 9.88. The Hall–Kier alpha value is -3.38. The number of anilines is 2. The van der Waals surface area contributed by atoms with Crippen LogP contribution in [-0.4, -0.2) is 0 Å². The highest BCUT2D eigenvalue weighted by Gasteiger charge is 1.99. The van der Waals surface area contributed by atoms with Crippen molar-refractivity contribution in [2.45, 2.75) is 13.1 Å². The van der Waals surface area contributed by atoms with Gasteiger partial charge in [0, 0.05) is 30.5 Å². The van der Waals surface area contributed by atoms with Gasteiger partial charge in [-0.2, -0.15) is 0 Å². The van der Waals surface area contributed by atoms with Gasteiger partial charge < -0.3 is 15.4 Å². The van der Waals surface area contributed by atoms with E-state index in [2.05, 4.69) is 53.1 Å². The van der Waals surface area contributed by atoms with E-state index in [9.17, 15) is 0 Å². The summed E-state index contributed by atoms with van der Waals surface area (Å²) in [5.41, 5.74) is 4.56. The number of terminal acetylenes is 1. The predicted molar refractivity (Wildman–Crippen MR) is 103 cm³/mol. The number of para-hydroxylation sites is 1. The third-order valence-corrected chi connectivity index (χ3v) is 3.80. The zero-order chi connectivity index (χ0) is 17.3. The Bertz CT molecular complexity index is 836. The largest absolute Gasteiger partial charge is 0.408 e. The van der Waals surface area contributed by atoms with Gasteiger partial charge in [-0.15, -0.1) is 0 Å². The van der Waals surface area contributed by atoms with Crippen LogP contribution in [0.2, 0.25) is 0 Å². The number of ether oxygens (including phenoxy) is 1. The molecule has 0 aromatic heterocycles. The van der Waals surface area contributed by atoms with E-state index in [0.717, 1.165) is 24.5 Å². The molecule has 0 bridgehead atoms. The fourth-order valence-electron chi connectivity index (χ4n) is 2.48. The van der Waals surface area contributed by atoms with Crippen LogP contribution in [0.25, 0.3) is 0 Å². The lowest BCUT2D eigenvalue weighted by molar-refractivity contribution is 0.521. The average Bonchev–Trinajstić information content (AvgIpc) is 2.67. The molecule has 3 aromatic carbocycles. The lowest BCUT2D eigenvalue weighted by Crippen LogP contribution is -2.01. The van der Waals surface area contributed by atoms with Crippen LogP contribution in [0.5, 0.6) is 5.75 Å². The summed E-state index contributed by atoms with van der Waals surface area (Å²) >= 11 is 0. The first-order valence-corrected chi connectivity index (χ1v) is 8.16. The van der Waals surface area contributed by atoms with Crippen LogP contribution in [-0.2, 0) is 13.1 Å². The van der Waals surface area contributed by atoms with E-state index in [4.69, 9.17) is 11.2 Å². The summed E-state index contributed by atoms with van der Waals surface area (Å²) in [6.07, 6.45) is 7.34. The second kappa shape index (κ2) is 8.47. The number of nitrogens with one attached hydrogen (secondary N) is 2. The Morgan fingerprint density at radius 2 is 1.32 bits per heavy atom. The molecule has 0 spiro atoms. The van der Waals surface area contributed by atoms with Crippen molar-refractivity contribution in [1.82, 2.24) is 0 Å². The summed E-state index contributed by atoms with van der Waals surface area (Å²) in [5.74, 6) is 0.662. The van der Waals surface area contributed by atoms with Crippen molar-refractivity contribution in [3.05, 3.63) is 90.0 Å². The van der Waals surface area contributed by atoms with E-state index in [1.54, 1.807) is 0 Å². The lowest BCUT2D eigenvalue weighted by Gasteiger charge is -2.09. The summed E-state index contributed by atoms with van der Waals surface area (Å²) < 4.78 is 5.06. The summed E-state index contributed by atoms with van der Waals surface area (Å²) in [7, 11) is 0. The predicted octanol–water partition coefficient (Wildman–Crippen LogP) is 4.88. The first-order valence-electron chi connectivity index (χ1n) is 8.16. The van der Waals surface area contributed by atoms with Crippen LogP contribution in [0.3, 0.4) is 0 Å². The Balaban J connectivity index is 1.52. The second-order valence-corrected chi connectivity index (χ2v) is 5.64. The quantitative estimate of drug-likeness (QED) is 0.606. The van der Waals surface area contributed by atoms with Gasteiger partial charge in [0.1, 0.15) is 11.9 Å². The third-order valence-electron chi connectivity index (χ3n) is 3.80. The lowest BCUT2D eigenvalue weighted by atomic mass is 10.1. The van der Waals surface area contributed by atoms with E-state index in [-0.39, 0.29) is 0 Å². The molecule has 0 amide bonds. The van der Waals surface area contributed by atoms with E-state index < -0.39 is 0 Å². The molecule has 0 atom stereocenters. The van der Waals surface area contributed by atoms with Gasteiger partial charge >= 0.3 is 0 Å². The molecule has 0 aliphatic rings. The minimum Gasteiger partial charge on any atom is -0.408 e. The van der Waals surface area contributed by atoms with Crippen LogP contribution < -0.4 is 15.4 Å². The minimum absolute atomic E-state index is 0.662. The molecule has 0 radical (unpaired) electrons. The highest BCUT2D eigenvalue weighted by atomic mass is 16.5. The molecular formula is C22H20N2O. The molecule has 3 nitrogen and oxygen atoms in total. The summed E-state index contributed by atoms with van der Waals surface area (Å²) in [6, 6.07) is 26.4. The maximum Gasteiger partial charge on any atom is 0.142 e. The van der Waals surface area contributed by atoms with E-state index in [1.165, 1.54) is 11.1 Å². The zero-order valence-corrected chi connectivity index (χ0v) is 13.9. The van der Waals surface area contributed by atoms with Gasteiger partial charge in [-0.1, -0.05) is 55.0 Å². The molecule has 2 N–H and O–H groups in total. The molecule has 3 rings (SSSR count). The average molecular weight is 328 g/mol. The first kappa shape index (κ1) is 16.5. The monoisotopic (exact) mass is 328 g/mol. The molecule has 0 aliphatic heterocycles. The Morgan fingerprint density at radius 3 is 1.96 bits per heavy atom. The van der Waals surface area contributed by atoms with Crippen LogP contribution >= 0.6 is 0 Å². The van der Waals surface area contributed by atoms with Crippen LogP contribution in [0.4, 0.5) is 11.4 Å². The van der Waals surface area contributed by atoms with Gasteiger partial charge in [0.15, 0.2) is 0 Å². The fraction of sp³-hybridized carbons (Fsp3) is 0.0909. The molecule has 3 aromatic rings. The van der Waals surface area contributed by atoms with Gasteiger partial charge in [0.25, 0.3) is 0 Å². The van der Waals surface area contributed by atoms with Crippen molar-refractivity contribution < 1.29 is 4.74 Å². The van der Waals surface area contributed by atoms with Gasteiger partial charge in [-0.3, -0.25) is 0 Å². The number of rotatable bonds is 7. The van der Waals surface area contributed by atoms with Crippen molar-refractivity contribution in [3.8, 4) is 18.3 Å².